The van der Waals surface area contributed by atoms with Gasteiger partial charge in [0, 0.05) is 21.9 Å². The number of methoxy groups -OCH3 is 2. The van der Waals surface area contributed by atoms with Crippen LogP contribution in [-0.4, -0.2) is 25.1 Å². The maximum absolute atomic E-state index is 5.62. The zero-order valence-electron chi connectivity index (χ0n) is 16.7. The number of hydrogen-bond donors (Lipinski definition) is 0. The fourth-order valence-corrected chi connectivity index (χ4v) is 4.34. The van der Waals surface area contributed by atoms with Crippen LogP contribution in [0, 0.1) is 0 Å². The molecule has 30 heavy (non-hydrogen) atoms. The van der Waals surface area contributed by atoms with Gasteiger partial charge in [0.1, 0.15) is 11.5 Å². The van der Waals surface area contributed by atoms with Crippen molar-refractivity contribution in [2.75, 3.05) is 14.2 Å². The third-order valence-corrected chi connectivity index (χ3v) is 6.11. The molecule has 4 rings (SSSR count). The maximum Gasteiger partial charge on any atom is 0.206 e. The fraction of sp³-hybridized carbons (Fsp3) is 0.130. The molecular formula is C23H21N3O2S2. The van der Waals surface area contributed by atoms with Crippen LogP contribution < -0.4 is 14.3 Å². The van der Waals surface area contributed by atoms with Gasteiger partial charge in [-0.1, -0.05) is 36.4 Å². The van der Waals surface area contributed by atoms with Crippen molar-refractivity contribution >= 4 is 28.9 Å². The van der Waals surface area contributed by atoms with Gasteiger partial charge in [-0.2, -0.15) is 5.10 Å². The van der Waals surface area contributed by atoms with Crippen molar-refractivity contribution in [3.63, 3.8) is 0 Å². The first-order valence-corrected chi connectivity index (χ1v) is 11.1. The molecule has 0 aliphatic rings. The summed E-state index contributed by atoms with van der Waals surface area (Å²) in [6.45, 7) is 0.592. The number of thiophene rings is 1. The molecule has 0 aliphatic heterocycles. The third-order valence-electron chi connectivity index (χ3n) is 4.45. The average molecular weight is 436 g/mol. The van der Waals surface area contributed by atoms with E-state index in [9.17, 15) is 0 Å². The molecule has 0 spiro atoms. The van der Waals surface area contributed by atoms with Gasteiger partial charge in [-0.25, -0.2) is 4.68 Å². The molecule has 0 aliphatic carbocycles. The van der Waals surface area contributed by atoms with Gasteiger partial charge in [-0.3, -0.25) is 4.99 Å². The summed E-state index contributed by atoms with van der Waals surface area (Å²) in [5.41, 5.74) is 3.00. The molecule has 5 nitrogen and oxygen atoms in total. The van der Waals surface area contributed by atoms with Gasteiger partial charge in [0.25, 0.3) is 0 Å². The molecule has 2 heterocycles. The molecule has 0 saturated heterocycles. The number of nitrogens with zero attached hydrogens (tertiary/aromatic N) is 3. The monoisotopic (exact) mass is 435 g/mol. The number of rotatable bonds is 7. The van der Waals surface area contributed by atoms with E-state index < -0.39 is 0 Å². The highest BCUT2D eigenvalue weighted by Crippen LogP contribution is 2.33. The van der Waals surface area contributed by atoms with Crippen LogP contribution in [0.3, 0.4) is 0 Å². The predicted molar refractivity (Wildman–Crippen MR) is 124 cm³/mol. The molecular weight excluding hydrogens is 414 g/mol. The first-order valence-electron chi connectivity index (χ1n) is 9.33. The summed E-state index contributed by atoms with van der Waals surface area (Å²) in [7, 11) is 3.30. The summed E-state index contributed by atoms with van der Waals surface area (Å²) in [5.74, 6) is 1.47. The van der Waals surface area contributed by atoms with E-state index in [2.05, 4.69) is 17.5 Å². The van der Waals surface area contributed by atoms with Crippen LogP contribution in [0.5, 0.6) is 11.5 Å². The standard InChI is InChI=1S/C23H21N3O2S2/c1-27-18-10-11-20(22(13-18)28-2)21-16-30-23(24-14-17-7-4-3-5-8-17)26(21)25-15-19-9-6-12-29-19/h3-13,15-16H,14H2,1-2H3. The second kappa shape index (κ2) is 9.56. The normalized spacial score (nSPS) is 11.9. The van der Waals surface area contributed by atoms with E-state index in [4.69, 9.17) is 19.6 Å². The first-order chi connectivity index (χ1) is 14.8. The molecule has 152 valence electrons. The number of benzene rings is 2. The van der Waals surface area contributed by atoms with E-state index in [-0.39, 0.29) is 0 Å². The van der Waals surface area contributed by atoms with Crippen LogP contribution in [0.15, 0.2) is 81.5 Å². The van der Waals surface area contributed by atoms with Crippen LogP contribution >= 0.6 is 22.7 Å². The Morgan fingerprint density at radius 3 is 2.57 bits per heavy atom. The van der Waals surface area contributed by atoms with Gasteiger partial charge in [-0.15, -0.1) is 22.7 Å². The van der Waals surface area contributed by atoms with Crippen molar-refractivity contribution in [3.05, 3.63) is 86.7 Å². The topological polar surface area (TPSA) is 48.1 Å². The Morgan fingerprint density at radius 1 is 0.967 bits per heavy atom. The number of hydrogen-bond acceptors (Lipinski definition) is 6. The van der Waals surface area contributed by atoms with Crippen LogP contribution in [0.4, 0.5) is 0 Å². The zero-order chi connectivity index (χ0) is 20.8. The lowest BCUT2D eigenvalue weighted by molar-refractivity contribution is 0.395. The Balaban J connectivity index is 1.80. The Hall–Kier alpha value is -3.16. The predicted octanol–water partition coefficient (Wildman–Crippen LogP) is 5.28. The molecule has 2 aromatic carbocycles. The molecule has 0 N–H and O–H groups in total. The summed E-state index contributed by atoms with van der Waals surface area (Å²) in [6.07, 6.45) is 1.86. The zero-order valence-corrected chi connectivity index (χ0v) is 18.3. The van der Waals surface area contributed by atoms with E-state index >= 15 is 0 Å². The smallest absolute Gasteiger partial charge is 0.206 e. The molecule has 0 amide bonds. The number of thiazole rings is 1. The molecule has 0 radical (unpaired) electrons. The Morgan fingerprint density at radius 2 is 1.83 bits per heavy atom. The maximum atomic E-state index is 5.62. The molecule has 7 heteroatoms. The molecule has 0 bridgehead atoms. The van der Waals surface area contributed by atoms with Gasteiger partial charge in [0.15, 0.2) is 0 Å². The lowest BCUT2D eigenvalue weighted by Crippen LogP contribution is -2.12. The number of ether oxygens (including phenoxy) is 2. The Labute approximate surface area is 183 Å². The first kappa shape index (κ1) is 20.1. The van der Waals surface area contributed by atoms with Crippen molar-refractivity contribution in [3.8, 4) is 22.8 Å². The quantitative estimate of drug-likeness (QED) is 0.371. The van der Waals surface area contributed by atoms with E-state index in [0.29, 0.717) is 6.54 Å². The fourth-order valence-electron chi connectivity index (χ4n) is 2.94. The van der Waals surface area contributed by atoms with Crippen molar-refractivity contribution in [2.45, 2.75) is 6.54 Å². The van der Waals surface area contributed by atoms with Gasteiger partial charge in [0.2, 0.25) is 4.80 Å². The minimum atomic E-state index is 0.592. The summed E-state index contributed by atoms with van der Waals surface area (Å²) in [4.78, 5) is 6.72. The van der Waals surface area contributed by atoms with Crippen LogP contribution in [0.2, 0.25) is 0 Å². The van der Waals surface area contributed by atoms with Crippen molar-refractivity contribution in [1.29, 1.82) is 0 Å². The van der Waals surface area contributed by atoms with E-state index in [1.165, 1.54) is 0 Å². The van der Waals surface area contributed by atoms with E-state index in [1.807, 2.05) is 64.8 Å². The van der Waals surface area contributed by atoms with Crippen molar-refractivity contribution < 1.29 is 9.47 Å². The van der Waals surface area contributed by atoms with Gasteiger partial charge in [0.05, 0.1) is 32.7 Å². The summed E-state index contributed by atoms with van der Waals surface area (Å²) >= 11 is 3.20. The molecule has 4 aromatic rings. The summed E-state index contributed by atoms with van der Waals surface area (Å²) in [6, 6.07) is 20.0. The second-order valence-electron chi connectivity index (χ2n) is 6.34. The van der Waals surface area contributed by atoms with E-state index in [0.717, 1.165) is 38.0 Å². The van der Waals surface area contributed by atoms with Crippen molar-refractivity contribution in [2.24, 2.45) is 10.1 Å². The van der Waals surface area contributed by atoms with Gasteiger partial charge < -0.3 is 9.47 Å². The van der Waals surface area contributed by atoms with Gasteiger partial charge >= 0.3 is 0 Å². The minimum Gasteiger partial charge on any atom is -0.497 e. The third kappa shape index (κ3) is 4.53. The highest BCUT2D eigenvalue weighted by molar-refractivity contribution is 7.11. The van der Waals surface area contributed by atoms with Crippen LogP contribution in [0.1, 0.15) is 10.4 Å². The SMILES string of the molecule is COc1ccc(-c2csc(=NCc3ccccc3)n2N=Cc2cccs2)c(OC)c1. The highest BCUT2D eigenvalue weighted by atomic mass is 32.1. The van der Waals surface area contributed by atoms with Crippen LogP contribution in [-0.2, 0) is 6.54 Å². The number of aromatic nitrogens is 1. The molecule has 2 aromatic heterocycles. The minimum absolute atomic E-state index is 0.592. The molecule has 0 atom stereocenters. The van der Waals surface area contributed by atoms with Gasteiger partial charge in [-0.05, 0) is 29.1 Å². The largest absolute Gasteiger partial charge is 0.497 e. The lowest BCUT2D eigenvalue weighted by Gasteiger charge is -2.10. The molecule has 0 fully saturated rings. The average Bonchev–Trinajstić information content (AvgIpc) is 3.46. The second-order valence-corrected chi connectivity index (χ2v) is 8.16. The van der Waals surface area contributed by atoms with Crippen molar-refractivity contribution in [1.82, 2.24) is 4.68 Å². The summed E-state index contributed by atoms with van der Waals surface area (Å²) in [5, 5.41) is 8.84. The summed E-state index contributed by atoms with van der Waals surface area (Å²) < 4.78 is 12.8. The van der Waals surface area contributed by atoms with E-state index in [1.54, 1.807) is 36.9 Å². The Kier molecular flexibility index (Phi) is 6.41. The van der Waals surface area contributed by atoms with Crippen LogP contribution in [0.25, 0.3) is 11.3 Å². The molecule has 0 saturated carbocycles. The lowest BCUT2D eigenvalue weighted by atomic mass is 10.1. The highest BCUT2D eigenvalue weighted by Gasteiger charge is 2.13. The molecule has 0 unspecified atom stereocenters. The Bertz CT molecular complexity index is 1190.